The molecular formula is C17H21FN2O4. The van der Waals surface area contributed by atoms with Crippen LogP contribution in [0, 0.1) is 17.7 Å². The van der Waals surface area contributed by atoms with Gasteiger partial charge in [-0.05, 0) is 30.5 Å². The number of carbonyl (C=O) groups excluding carboxylic acids is 2. The molecule has 1 saturated carbocycles. The first-order valence-corrected chi connectivity index (χ1v) is 8.12. The molecule has 6 nitrogen and oxygen atoms in total. The second-order valence-corrected chi connectivity index (χ2v) is 6.28. The molecule has 2 fully saturated rings. The lowest BCUT2D eigenvalue weighted by molar-refractivity contribution is -0.117. The van der Waals surface area contributed by atoms with Gasteiger partial charge in [0.1, 0.15) is 5.82 Å². The van der Waals surface area contributed by atoms with Gasteiger partial charge in [0, 0.05) is 12.5 Å². The number of hydrogen-bond acceptors (Lipinski definition) is 4. The number of amides is 2. The van der Waals surface area contributed by atoms with Crippen LogP contribution in [0.2, 0.25) is 0 Å². The number of hydrogen-bond donors (Lipinski definition) is 2. The number of anilines is 1. The van der Waals surface area contributed by atoms with Crippen molar-refractivity contribution in [3.63, 3.8) is 0 Å². The van der Waals surface area contributed by atoms with Crippen molar-refractivity contribution in [1.29, 1.82) is 0 Å². The number of nitrogens with one attached hydrogen (secondary N) is 2. The average molecular weight is 336 g/mol. The summed E-state index contributed by atoms with van der Waals surface area (Å²) >= 11 is 0. The first-order valence-electron chi connectivity index (χ1n) is 8.12. The Morgan fingerprint density at radius 3 is 2.79 bits per heavy atom. The van der Waals surface area contributed by atoms with Gasteiger partial charge in [0.05, 0.1) is 37.2 Å². The minimum Gasteiger partial charge on any atom is -0.376 e. The van der Waals surface area contributed by atoms with Gasteiger partial charge in [-0.15, -0.1) is 0 Å². The van der Waals surface area contributed by atoms with E-state index in [0.29, 0.717) is 31.4 Å². The van der Waals surface area contributed by atoms with E-state index in [1.54, 1.807) is 0 Å². The maximum Gasteiger partial charge on any atom is 0.253 e. The van der Waals surface area contributed by atoms with Crippen molar-refractivity contribution in [2.75, 3.05) is 31.7 Å². The van der Waals surface area contributed by atoms with Crippen LogP contribution in [0.3, 0.4) is 0 Å². The molecule has 1 aliphatic heterocycles. The molecule has 2 amide bonds. The van der Waals surface area contributed by atoms with E-state index in [0.717, 1.165) is 12.5 Å². The molecule has 0 unspecified atom stereocenters. The van der Waals surface area contributed by atoms with Crippen LogP contribution in [0.4, 0.5) is 10.1 Å². The van der Waals surface area contributed by atoms with Crippen molar-refractivity contribution in [2.45, 2.75) is 19.4 Å². The SMILES string of the molecule is C[C@@H]1C[C@H]1C(=O)Nc1ccc(F)cc1C(=O)NC[C@H]1COCCO1. The molecule has 1 aromatic rings. The van der Waals surface area contributed by atoms with E-state index in [1.807, 2.05) is 6.92 Å². The van der Waals surface area contributed by atoms with Gasteiger partial charge in [-0.25, -0.2) is 4.39 Å². The molecule has 7 heteroatoms. The highest BCUT2D eigenvalue weighted by Gasteiger charge is 2.39. The summed E-state index contributed by atoms with van der Waals surface area (Å²) in [6, 6.07) is 3.76. The lowest BCUT2D eigenvalue weighted by Gasteiger charge is -2.23. The standard InChI is InChI=1S/C17H21FN2O4/c1-10-6-13(10)17(22)20-15-3-2-11(18)7-14(15)16(21)19-8-12-9-23-4-5-24-12/h2-3,7,10,12-13H,4-6,8-9H2,1H3,(H,19,21)(H,20,22)/t10-,12+,13-/m1/s1. The van der Waals surface area contributed by atoms with Crippen LogP contribution in [0.15, 0.2) is 18.2 Å². The molecule has 2 aliphatic rings. The minimum atomic E-state index is -0.532. The van der Waals surface area contributed by atoms with E-state index in [2.05, 4.69) is 10.6 Å². The summed E-state index contributed by atoms with van der Waals surface area (Å²) in [5.74, 6) is -0.796. The zero-order chi connectivity index (χ0) is 17.1. The second kappa shape index (κ2) is 7.27. The molecule has 2 N–H and O–H groups in total. The van der Waals surface area contributed by atoms with Gasteiger partial charge in [0.2, 0.25) is 5.91 Å². The average Bonchev–Trinajstić information content (AvgIpc) is 3.32. The van der Waals surface area contributed by atoms with Crippen LogP contribution >= 0.6 is 0 Å². The van der Waals surface area contributed by atoms with E-state index in [4.69, 9.17) is 9.47 Å². The van der Waals surface area contributed by atoms with Crippen LogP contribution in [-0.2, 0) is 14.3 Å². The Morgan fingerprint density at radius 2 is 2.12 bits per heavy atom. The maximum absolute atomic E-state index is 13.5. The molecule has 130 valence electrons. The number of carbonyl (C=O) groups is 2. The largest absolute Gasteiger partial charge is 0.376 e. The Balaban J connectivity index is 1.65. The zero-order valence-corrected chi connectivity index (χ0v) is 13.5. The minimum absolute atomic E-state index is 0.0289. The third kappa shape index (κ3) is 4.10. The predicted molar refractivity (Wildman–Crippen MR) is 85.2 cm³/mol. The third-order valence-corrected chi connectivity index (χ3v) is 4.31. The Morgan fingerprint density at radius 1 is 1.33 bits per heavy atom. The van der Waals surface area contributed by atoms with Gasteiger partial charge < -0.3 is 20.1 Å². The quantitative estimate of drug-likeness (QED) is 0.856. The van der Waals surface area contributed by atoms with Crippen molar-refractivity contribution in [2.24, 2.45) is 11.8 Å². The first kappa shape index (κ1) is 16.9. The number of benzene rings is 1. The van der Waals surface area contributed by atoms with Crippen molar-refractivity contribution >= 4 is 17.5 Å². The van der Waals surface area contributed by atoms with Gasteiger partial charge in [-0.1, -0.05) is 6.92 Å². The van der Waals surface area contributed by atoms with Gasteiger partial charge in [-0.2, -0.15) is 0 Å². The summed E-state index contributed by atoms with van der Waals surface area (Å²) in [5, 5.41) is 5.43. The molecule has 0 aromatic heterocycles. The predicted octanol–water partition coefficient (Wildman–Crippen LogP) is 1.57. The Bertz CT molecular complexity index is 631. The second-order valence-electron chi connectivity index (χ2n) is 6.28. The van der Waals surface area contributed by atoms with Crippen LogP contribution < -0.4 is 10.6 Å². The van der Waals surface area contributed by atoms with Crippen molar-refractivity contribution < 1.29 is 23.5 Å². The summed E-state index contributed by atoms with van der Waals surface area (Å²) in [6.07, 6.45) is 0.620. The van der Waals surface area contributed by atoms with Gasteiger partial charge >= 0.3 is 0 Å². The van der Waals surface area contributed by atoms with Crippen LogP contribution in [0.5, 0.6) is 0 Å². The molecule has 0 radical (unpaired) electrons. The molecule has 3 rings (SSSR count). The number of halogens is 1. The number of rotatable bonds is 5. The topological polar surface area (TPSA) is 76.7 Å². The third-order valence-electron chi connectivity index (χ3n) is 4.31. The van der Waals surface area contributed by atoms with E-state index in [9.17, 15) is 14.0 Å². The molecule has 0 bridgehead atoms. The molecule has 0 spiro atoms. The normalized spacial score (nSPS) is 25.8. The molecule has 3 atom stereocenters. The molecule has 1 heterocycles. The summed E-state index contributed by atoms with van der Waals surface area (Å²) < 4.78 is 24.3. The van der Waals surface area contributed by atoms with Crippen molar-refractivity contribution in [3.8, 4) is 0 Å². The Kier molecular flexibility index (Phi) is 5.11. The molecule has 1 aliphatic carbocycles. The van der Waals surface area contributed by atoms with Gasteiger partial charge in [0.15, 0.2) is 0 Å². The monoisotopic (exact) mass is 336 g/mol. The summed E-state index contributed by atoms with van der Waals surface area (Å²) in [6.45, 7) is 3.70. The van der Waals surface area contributed by atoms with Crippen molar-refractivity contribution in [1.82, 2.24) is 5.32 Å². The lowest BCUT2D eigenvalue weighted by Crippen LogP contribution is -2.40. The van der Waals surface area contributed by atoms with E-state index >= 15 is 0 Å². The lowest BCUT2D eigenvalue weighted by atomic mass is 10.1. The number of ether oxygens (including phenoxy) is 2. The van der Waals surface area contributed by atoms with Crippen LogP contribution in [-0.4, -0.2) is 44.3 Å². The van der Waals surface area contributed by atoms with Crippen molar-refractivity contribution in [3.05, 3.63) is 29.6 Å². The Labute approximate surface area is 139 Å². The van der Waals surface area contributed by atoms with Gasteiger partial charge in [0.25, 0.3) is 5.91 Å². The summed E-state index contributed by atoms with van der Waals surface area (Å²) in [7, 11) is 0. The maximum atomic E-state index is 13.5. The van der Waals surface area contributed by atoms with Crippen LogP contribution in [0.1, 0.15) is 23.7 Å². The highest BCUT2D eigenvalue weighted by atomic mass is 19.1. The smallest absolute Gasteiger partial charge is 0.253 e. The fourth-order valence-electron chi connectivity index (χ4n) is 2.68. The van der Waals surface area contributed by atoms with Crippen LogP contribution in [0.25, 0.3) is 0 Å². The van der Waals surface area contributed by atoms with E-state index in [-0.39, 0.29) is 30.0 Å². The molecule has 24 heavy (non-hydrogen) atoms. The van der Waals surface area contributed by atoms with E-state index < -0.39 is 11.7 Å². The fourth-order valence-corrected chi connectivity index (χ4v) is 2.68. The Hall–Kier alpha value is -1.99. The zero-order valence-electron chi connectivity index (χ0n) is 13.5. The molecule has 1 aromatic carbocycles. The highest BCUT2D eigenvalue weighted by Crippen LogP contribution is 2.38. The highest BCUT2D eigenvalue weighted by molar-refractivity contribution is 6.04. The summed E-state index contributed by atoms with van der Waals surface area (Å²) in [4.78, 5) is 24.4. The first-order chi connectivity index (χ1) is 11.5. The summed E-state index contributed by atoms with van der Waals surface area (Å²) in [5.41, 5.74) is 0.423. The molecular weight excluding hydrogens is 315 g/mol. The van der Waals surface area contributed by atoms with Gasteiger partial charge in [-0.3, -0.25) is 9.59 Å². The van der Waals surface area contributed by atoms with E-state index in [1.165, 1.54) is 12.1 Å². The fraction of sp³-hybridized carbons (Fsp3) is 0.529. The molecule has 1 saturated heterocycles.